The minimum absolute atomic E-state index is 0.0170. The van der Waals surface area contributed by atoms with Crippen LogP contribution in [0.25, 0.3) is 0 Å². The van der Waals surface area contributed by atoms with Crippen LogP contribution in [-0.4, -0.2) is 28.9 Å². The van der Waals surface area contributed by atoms with Crippen LogP contribution in [0.1, 0.15) is 25.7 Å². The molecule has 0 aromatic carbocycles. The highest BCUT2D eigenvalue weighted by molar-refractivity contribution is 5.88. The summed E-state index contributed by atoms with van der Waals surface area (Å²) in [7, 11) is 0. The van der Waals surface area contributed by atoms with Crippen molar-refractivity contribution >= 4 is 17.8 Å². The first-order valence-corrected chi connectivity index (χ1v) is 4.82. The lowest BCUT2D eigenvalue weighted by Gasteiger charge is -2.13. The summed E-state index contributed by atoms with van der Waals surface area (Å²) >= 11 is 0. The Morgan fingerprint density at radius 2 is 2.00 bits per heavy atom. The second kappa shape index (κ2) is 4.77. The maximum Gasteiger partial charge on any atom is 0.303 e. The number of nitrogens with one attached hydrogen (secondary N) is 1. The number of aliphatic carboxylic acids is 1. The number of hydrogen-bond acceptors (Lipinski definition) is 3. The van der Waals surface area contributed by atoms with Crippen LogP contribution in [0.15, 0.2) is 0 Å². The van der Waals surface area contributed by atoms with Crippen molar-refractivity contribution in [3.05, 3.63) is 0 Å². The predicted octanol–water partition coefficient (Wildman–Crippen LogP) is -0.769. The molecule has 1 fully saturated rings. The van der Waals surface area contributed by atoms with E-state index in [1.807, 2.05) is 0 Å². The van der Waals surface area contributed by atoms with E-state index < -0.39 is 17.9 Å². The van der Waals surface area contributed by atoms with Gasteiger partial charge in [-0.2, -0.15) is 0 Å². The van der Waals surface area contributed by atoms with Crippen molar-refractivity contribution in [3.8, 4) is 0 Å². The first-order valence-electron chi connectivity index (χ1n) is 4.82. The van der Waals surface area contributed by atoms with E-state index in [4.69, 9.17) is 10.8 Å². The van der Waals surface area contributed by atoms with Gasteiger partial charge in [-0.3, -0.25) is 14.4 Å². The Labute approximate surface area is 86.8 Å². The zero-order chi connectivity index (χ0) is 11.4. The molecule has 2 amide bonds. The summed E-state index contributed by atoms with van der Waals surface area (Å²) in [6, 6.07) is -0.866. The van der Waals surface area contributed by atoms with Crippen LogP contribution >= 0.6 is 0 Å². The van der Waals surface area contributed by atoms with Crippen LogP contribution in [-0.2, 0) is 14.4 Å². The zero-order valence-corrected chi connectivity index (χ0v) is 8.23. The second-order valence-corrected chi connectivity index (χ2v) is 3.67. The minimum Gasteiger partial charge on any atom is -0.481 e. The molecule has 4 N–H and O–H groups in total. The summed E-state index contributed by atoms with van der Waals surface area (Å²) in [6.45, 7) is 0. The Morgan fingerprint density at radius 1 is 1.40 bits per heavy atom. The summed E-state index contributed by atoms with van der Waals surface area (Å²) in [4.78, 5) is 32.5. The van der Waals surface area contributed by atoms with Gasteiger partial charge in [-0.05, 0) is 19.3 Å². The molecule has 0 aromatic heterocycles. The van der Waals surface area contributed by atoms with Crippen LogP contribution in [0.5, 0.6) is 0 Å². The van der Waals surface area contributed by atoms with Gasteiger partial charge in [0.05, 0.1) is 0 Å². The molecule has 0 saturated heterocycles. The number of carbonyl (C=O) groups excluding carboxylic acids is 2. The Morgan fingerprint density at radius 3 is 2.40 bits per heavy atom. The van der Waals surface area contributed by atoms with Gasteiger partial charge in [0.1, 0.15) is 6.04 Å². The minimum atomic E-state index is -1.01. The smallest absolute Gasteiger partial charge is 0.303 e. The van der Waals surface area contributed by atoms with E-state index in [2.05, 4.69) is 5.32 Å². The number of carbonyl (C=O) groups is 3. The van der Waals surface area contributed by atoms with E-state index in [9.17, 15) is 14.4 Å². The molecule has 0 aromatic rings. The quantitative estimate of drug-likeness (QED) is 0.539. The third-order valence-electron chi connectivity index (χ3n) is 2.25. The number of carboxylic acids is 1. The molecule has 6 heteroatoms. The molecule has 6 nitrogen and oxygen atoms in total. The normalized spacial score (nSPS) is 16.8. The van der Waals surface area contributed by atoms with Crippen molar-refractivity contribution in [1.82, 2.24) is 5.32 Å². The summed E-state index contributed by atoms with van der Waals surface area (Å²) in [6.07, 6.45) is 1.52. The van der Waals surface area contributed by atoms with Crippen LogP contribution in [0.2, 0.25) is 0 Å². The van der Waals surface area contributed by atoms with Crippen LogP contribution in [0, 0.1) is 5.92 Å². The Bertz CT molecular complexity index is 286. The maximum absolute atomic E-state index is 11.3. The standard InChI is InChI=1S/C9H14N2O4/c10-8(14)6(3-4-7(12)13)11-9(15)5-1-2-5/h5-6H,1-4H2,(H2,10,14)(H,11,15)(H,12,13)/t6-/m1/s1. The van der Waals surface area contributed by atoms with Gasteiger partial charge < -0.3 is 16.2 Å². The Balaban J connectivity index is 2.38. The third kappa shape index (κ3) is 3.97. The van der Waals surface area contributed by atoms with Gasteiger partial charge >= 0.3 is 5.97 Å². The van der Waals surface area contributed by atoms with Crippen molar-refractivity contribution in [3.63, 3.8) is 0 Å². The fourth-order valence-electron chi connectivity index (χ4n) is 1.19. The summed E-state index contributed by atoms with van der Waals surface area (Å²) in [5.41, 5.74) is 5.05. The van der Waals surface area contributed by atoms with Crippen molar-refractivity contribution < 1.29 is 19.5 Å². The molecule has 0 bridgehead atoms. The number of primary amides is 1. The van der Waals surface area contributed by atoms with Gasteiger partial charge in [-0.25, -0.2) is 0 Å². The SMILES string of the molecule is NC(=O)[C@@H](CCC(=O)O)NC(=O)C1CC1. The van der Waals surface area contributed by atoms with Gasteiger partial charge in [0, 0.05) is 12.3 Å². The van der Waals surface area contributed by atoms with E-state index in [0.29, 0.717) is 0 Å². The summed E-state index contributed by atoms with van der Waals surface area (Å²) < 4.78 is 0. The van der Waals surface area contributed by atoms with Gasteiger partial charge in [-0.1, -0.05) is 0 Å². The molecule has 0 radical (unpaired) electrons. The summed E-state index contributed by atoms with van der Waals surface area (Å²) in [5.74, 6) is -1.92. The fourth-order valence-corrected chi connectivity index (χ4v) is 1.19. The number of amides is 2. The topological polar surface area (TPSA) is 109 Å². The Hall–Kier alpha value is -1.59. The van der Waals surface area contributed by atoms with Crippen LogP contribution < -0.4 is 11.1 Å². The number of carboxylic acid groups (broad SMARTS) is 1. The van der Waals surface area contributed by atoms with Gasteiger partial charge in [0.2, 0.25) is 11.8 Å². The third-order valence-corrected chi connectivity index (χ3v) is 2.25. The summed E-state index contributed by atoms with van der Waals surface area (Å²) in [5, 5.41) is 10.9. The molecular weight excluding hydrogens is 200 g/mol. The molecular formula is C9H14N2O4. The first-order chi connectivity index (χ1) is 7.00. The Kier molecular flexibility index (Phi) is 3.65. The number of rotatable bonds is 6. The molecule has 0 spiro atoms. The van der Waals surface area contributed by atoms with E-state index in [-0.39, 0.29) is 24.7 Å². The zero-order valence-electron chi connectivity index (χ0n) is 8.23. The van der Waals surface area contributed by atoms with Crippen molar-refractivity contribution in [1.29, 1.82) is 0 Å². The number of nitrogens with two attached hydrogens (primary N) is 1. The van der Waals surface area contributed by atoms with E-state index in [0.717, 1.165) is 12.8 Å². The molecule has 1 aliphatic carbocycles. The molecule has 1 saturated carbocycles. The number of hydrogen-bond donors (Lipinski definition) is 3. The van der Waals surface area contributed by atoms with Crippen LogP contribution in [0.3, 0.4) is 0 Å². The lowest BCUT2D eigenvalue weighted by Crippen LogP contribution is -2.45. The fraction of sp³-hybridized carbons (Fsp3) is 0.667. The van der Waals surface area contributed by atoms with E-state index in [1.54, 1.807) is 0 Å². The van der Waals surface area contributed by atoms with E-state index >= 15 is 0 Å². The molecule has 0 unspecified atom stereocenters. The average molecular weight is 214 g/mol. The van der Waals surface area contributed by atoms with Crippen molar-refractivity contribution in [2.45, 2.75) is 31.7 Å². The lowest BCUT2D eigenvalue weighted by molar-refractivity contribution is -0.137. The molecule has 84 valence electrons. The highest BCUT2D eigenvalue weighted by Crippen LogP contribution is 2.28. The van der Waals surface area contributed by atoms with Gasteiger partial charge in [-0.15, -0.1) is 0 Å². The lowest BCUT2D eigenvalue weighted by atomic mass is 10.1. The molecule has 0 heterocycles. The first kappa shape index (κ1) is 11.5. The monoisotopic (exact) mass is 214 g/mol. The molecule has 1 aliphatic rings. The highest BCUT2D eigenvalue weighted by atomic mass is 16.4. The van der Waals surface area contributed by atoms with Crippen molar-refractivity contribution in [2.75, 3.05) is 0 Å². The molecule has 1 rings (SSSR count). The second-order valence-electron chi connectivity index (χ2n) is 3.67. The predicted molar refractivity (Wildman–Crippen MR) is 50.7 cm³/mol. The highest BCUT2D eigenvalue weighted by Gasteiger charge is 2.32. The maximum atomic E-state index is 11.3. The largest absolute Gasteiger partial charge is 0.481 e. The average Bonchev–Trinajstić information content (AvgIpc) is 2.93. The van der Waals surface area contributed by atoms with Crippen LogP contribution in [0.4, 0.5) is 0 Å². The molecule has 15 heavy (non-hydrogen) atoms. The van der Waals surface area contributed by atoms with Gasteiger partial charge in [0.15, 0.2) is 0 Å². The van der Waals surface area contributed by atoms with Crippen molar-refractivity contribution in [2.24, 2.45) is 11.7 Å². The van der Waals surface area contributed by atoms with E-state index in [1.165, 1.54) is 0 Å². The van der Waals surface area contributed by atoms with Gasteiger partial charge in [0.25, 0.3) is 0 Å². The molecule has 1 atom stereocenters. The molecule has 0 aliphatic heterocycles.